The summed E-state index contributed by atoms with van der Waals surface area (Å²) in [6.07, 6.45) is 1.94. The predicted molar refractivity (Wildman–Crippen MR) is 72.3 cm³/mol. The summed E-state index contributed by atoms with van der Waals surface area (Å²) in [5, 5.41) is 0. The topological polar surface area (TPSA) is 72.1 Å². The van der Waals surface area contributed by atoms with Crippen LogP contribution in [0.25, 0.3) is 0 Å². The molecule has 106 valence electrons. The molecule has 3 N–H and O–H groups in total. The van der Waals surface area contributed by atoms with Crippen LogP contribution in [0, 0.1) is 0 Å². The summed E-state index contributed by atoms with van der Waals surface area (Å²) in [5.74, 6) is 6.33. The van der Waals surface area contributed by atoms with Gasteiger partial charge in [-0.15, -0.1) is 0 Å². The first-order valence-corrected chi connectivity index (χ1v) is 6.76. The Morgan fingerprint density at radius 1 is 1.56 bits per heavy atom. The first-order chi connectivity index (χ1) is 8.83. The van der Waals surface area contributed by atoms with Crippen molar-refractivity contribution >= 4 is 5.96 Å². The van der Waals surface area contributed by atoms with E-state index >= 15 is 0 Å². The number of morpholine rings is 1. The maximum Gasteiger partial charge on any atom is 0.208 e. The van der Waals surface area contributed by atoms with E-state index in [0.29, 0.717) is 6.04 Å². The van der Waals surface area contributed by atoms with Crippen LogP contribution in [0.3, 0.4) is 0 Å². The van der Waals surface area contributed by atoms with Crippen molar-refractivity contribution in [1.82, 2.24) is 10.3 Å². The van der Waals surface area contributed by atoms with Gasteiger partial charge in [0.15, 0.2) is 0 Å². The number of nitrogens with one attached hydrogen (secondary N) is 1. The molecule has 18 heavy (non-hydrogen) atoms. The molecule has 0 aliphatic carbocycles. The second-order valence-corrected chi connectivity index (χ2v) is 4.23. The third-order valence-corrected chi connectivity index (χ3v) is 3.01. The number of hydrogen-bond donors (Lipinski definition) is 2. The lowest BCUT2D eigenvalue weighted by atomic mass is 10.2. The summed E-state index contributed by atoms with van der Waals surface area (Å²) < 4.78 is 10.8. The van der Waals surface area contributed by atoms with E-state index in [2.05, 4.69) is 22.2 Å². The van der Waals surface area contributed by atoms with Crippen LogP contribution < -0.4 is 11.3 Å². The highest BCUT2D eigenvalue weighted by molar-refractivity contribution is 5.79. The zero-order valence-corrected chi connectivity index (χ0v) is 11.5. The van der Waals surface area contributed by atoms with Crippen molar-refractivity contribution in [3.05, 3.63) is 0 Å². The van der Waals surface area contributed by atoms with Crippen LogP contribution in [0.5, 0.6) is 0 Å². The van der Waals surface area contributed by atoms with Crippen molar-refractivity contribution < 1.29 is 9.47 Å². The summed E-state index contributed by atoms with van der Waals surface area (Å²) in [6.45, 7) is 8.70. The van der Waals surface area contributed by atoms with E-state index in [9.17, 15) is 0 Å². The molecule has 1 unspecified atom stereocenters. The van der Waals surface area contributed by atoms with Crippen LogP contribution >= 0.6 is 0 Å². The first-order valence-electron chi connectivity index (χ1n) is 6.76. The summed E-state index contributed by atoms with van der Waals surface area (Å²) in [5.41, 5.74) is 2.71. The Bertz CT molecular complexity index is 248. The van der Waals surface area contributed by atoms with Crippen LogP contribution in [0.4, 0.5) is 0 Å². The molecule has 1 atom stereocenters. The molecule has 1 aliphatic heterocycles. The third-order valence-electron chi connectivity index (χ3n) is 3.01. The summed E-state index contributed by atoms with van der Waals surface area (Å²) >= 11 is 0. The molecule has 1 fully saturated rings. The van der Waals surface area contributed by atoms with Gasteiger partial charge in [-0.1, -0.05) is 6.92 Å². The Balaban J connectivity index is 2.44. The molecule has 0 radical (unpaired) electrons. The lowest BCUT2D eigenvalue weighted by molar-refractivity contribution is 0.0234. The fourth-order valence-electron chi connectivity index (χ4n) is 1.99. The number of ether oxygens (including phenoxy) is 2. The highest BCUT2D eigenvalue weighted by atomic mass is 16.5. The van der Waals surface area contributed by atoms with E-state index in [1.807, 2.05) is 6.92 Å². The Kier molecular flexibility index (Phi) is 7.71. The highest BCUT2D eigenvalue weighted by Crippen LogP contribution is 2.10. The second kappa shape index (κ2) is 9.13. The number of guanidine groups is 1. The van der Waals surface area contributed by atoms with Crippen LogP contribution in [0.2, 0.25) is 0 Å². The normalized spacial score (nSPS) is 21.2. The van der Waals surface area contributed by atoms with Gasteiger partial charge in [0.2, 0.25) is 5.96 Å². The molecule has 0 amide bonds. The van der Waals surface area contributed by atoms with Gasteiger partial charge in [0.25, 0.3) is 0 Å². The number of aliphatic imine (C=N–C) groups is 1. The Morgan fingerprint density at radius 3 is 3.06 bits per heavy atom. The maximum absolute atomic E-state index is 5.57. The minimum absolute atomic E-state index is 0.362. The van der Waals surface area contributed by atoms with Crippen molar-refractivity contribution in [3.63, 3.8) is 0 Å². The van der Waals surface area contributed by atoms with Crippen LogP contribution in [0.15, 0.2) is 4.99 Å². The number of rotatable bonds is 6. The van der Waals surface area contributed by atoms with E-state index in [-0.39, 0.29) is 0 Å². The molecule has 0 aromatic rings. The number of nitrogens with two attached hydrogens (primary N) is 1. The fraction of sp³-hybridized carbons (Fsp3) is 0.917. The van der Waals surface area contributed by atoms with E-state index in [1.54, 1.807) is 0 Å². The second-order valence-electron chi connectivity index (χ2n) is 4.23. The smallest absolute Gasteiger partial charge is 0.208 e. The SMILES string of the molecule is CCOCCCN=C(NN)N1CCOCC1CC. The monoisotopic (exact) mass is 258 g/mol. The Morgan fingerprint density at radius 2 is 2.39 bits per heavy atom. The molecular weight excluding hydrogens is 232 g/mol. The lowest BCUT2D eigenvalue weighted by Gasteiger charge is -2.36. The van der Waals surface area contributed by atoms with Gasteiger partial charge in [-0.2, -0.15) is 0 Å². The van der Waals surface area contributed by atoms with Gasteiger partial charge in [-0.05, 0) is 19.8 Å². The average Bonchev–Trinajstić information content (AvgIpc) is 2.43. The quantitative estimate of drug-likeness (QED) is 0.236. The van der Waals surface area contributed by atoms with Gasteiger partial charge in [0.1, 0.15) is 0 Å². The van der Waals surface area contributed by atoms with Crippen molar-refractivity contribution in [2.24, 2.45) is 10.8 Å². The molecule has 0 aromatic carbocycles. The minimum Gasteiger partial charge on any atom is -0.382 e. The molecule has 0 spiro atoms. The molecule has 1 rings (SSSR count). The average molecular weight is 258 g/mol. The number of hydrazine groups is 1. The summed E-state index contributed by atoms with van der Waals surface area (Å²) in [4.78, 5) is 6.71. The molecular formula is C12H26N4O2. The van der Waals surface area contributed by atoms with Gasteiger partial charge in [-0.3, -0.25) is 10.4 Å². The van der Waals surface area contributed by atoms with Crippen molar-refractivity contribution in [3.8, 4) is 0 Å². The fourth-order valence-corrected chi connectivity index (χ4v) is 1.99. The third kappa shape index (κ3) is 4.80. The minimum atomic E-state index is 0.362. The van der Waals surface area contributed by atoms with Crippen LogP contribution in [0.1, 0.15) is 26.7 Å². The molecule has 1 aliphatic rings. The molecule has 6 nitrogen and oxygen atoms in total. The molecule has 1 saturated heterocycles. The molecule has 0 saturated carbocycles. The van der Waals surface area contributed by atoms with Crippen LogP contribution in [-0.2, 0) is 9.47 Å². The van der Waals surface area contributed by atoms with Crippen molar-refractivity contribution in [2.75, 3.05) is 39.5 Å². The van der Waals surface area contributed by atoms with E-state index in [4.69, 9.17) is 15.3 Å². The zero-order chi connectivity index (χ0) is 13.2. The van der Waals surface area contributed by atoms with E-state index in [0.717, 1.165) is 58.3 Å². The highest BCUT2D eigenvalue weighted by Gasteiger charge is 2.23. The summed E-state index contributed by atoms with van der Waals surface area (Å²) in [7, 11) is 0. The largest absolute Gasteiger partial charge is 0.382 e. The first kappa shape index (κ1) is 15.2. The van der Waals surface area contributed by atoms with Gasteiger partial charge >= 0.3 is 0 Å². The van der Waals surface area contributed by atoms with Gasteiger partial charge in [0, 0.05) is 26.3 Å². The number of nitrogens with zero attached hydrogens (tertiary/aromatic N) is 2. The maximum atomic E-state index is 5.57. The molecule has 1 heterocycles. The molecule has 0 bridgehead atoms. The Labute approximate surface area is 109 Å². The van der Waals surface area contributed by atoms with Crippen molar-refractivity contribution in [2.45, 2.75) is 32.7 Å². The Hall–Kier alpha value is -0.850. The zero-order valence-electron chi connectivity index (χ0n) is 11.5. The molecule has 0 aromatic heterocycles. The van der Waals surface area contributed by atoms with E-state index < -0.39 is 0 Å². The standard InChI is InChI=1S/C12H26N4O2/c1-3-11-10-18-9-7-16(11)12(15-13)14-6-5-8-17-4-2/h11H,3-10,13H2,1-2H3,(H,14,15). The molecule has 6 heteroatoms. The van der Waals surface area contributed by atoms with Gasteiger partial charge in [-0.25, -0.2) is 5.84 Å². The summed E-state index contributed by atoms with van der Waals surface area (Å²) in [6, 6.07) is 0.362. The van der Waals surface area contributed by atoms with E-state index in [1.165, 1.54) is 0 Å². The lowest BCUT2D eigenvalue weighted by Crippen LogP contribution is -2.54. The van der Waals surface area contributed by atoms with Gasteiger partial charge in [0.05, 0.1) is 19.3 Å². The van der Waals surface area contributed by atoms with Gasteiger partial charge < -0.3 is 14.4 Å². The number of hydrogen-bond acceptors (Lipinski definition) is 4. The van der Waals surface area contributed by atoms with Crippen LogP contribution in [-0.4, -0.2) is 56.4 Å². The van der Waals surface area contributed by atoms with Crippen molar-refractivity contribution in [1.29, 1.82) is 0 Å². The predicted octanol–water partition coefficient (Wildman–Crippen LogP) is 0.343.